The summed E-state index contributed by atoms with van der Waals surface area (Å²) >= 11 is 5.90. The lowest BCUT2D eigenvalue weighted by Gasteiger charge is -2.13. The molecule has 0 aliphatic heterocycles. The molecule has 2 aromatic carbocycles. The van der Waals surface area contributed by atoms with Crippen LogP contribution in [0.4, 0.5) is 5.69 Å². The number of nitrogens with two attached hydrogens (primary N) is 1. The number of halogens is 1. The van der Waals surface area contributed by atoms with Gasteiger partial charge >= 0.3 is 0 Å². The third-order valence-corrected chi connectivity index (χ3v) is 3.89. The van der Waals surface area contributed by atoms with Gasteiger partial charge in [0.05, 0.1) is 12.2 Å². The third kappa shape index (κ3) is 3.37. The van der Waals surface area contributed by atoms with Crippen molar-refractivity contribution in [2.24, 2.45) is 0 Å². The highest BCUT2D eigenvalue weighted by Gasteiger charge is 2.16. The number of aromatic nitrogens is 1. The van der Waals surface area contributed by atoms with E-state index in [-0.39, 0.29) is 0 Å². The molecule has 24 heavy (non-hydrogen) atoms. The fourth-order valence-corrected chi connectivity index (χ4v) is 2.65. The third-order valence-electron chi connectivity index (χ3n) is 3.64. The Morgan fingerprint density at radius 1 is 1.17 bits per heavy atom. The molecule has 1 aromatic heterocycles. The van der Waals surface area contributed by atoms with Crippen molar-refractivity contribution in [1.29, 1.82) is 5.26 Å². The van der Waals surface area contributed by atoms with Gasteiger partial charge in [-0.05, 0) is 36.8 Å². The van der Waals surface area contributed by atoms with Crippen LogP contribution >= 0.6 is 11.6 Å². The van der Waals surface area contributed by atoms with Gasteiger partial charge in [-0.1, -0.05) is 41.4 Å². The van der Waals surface area contributed by atoms with Crippen molar-refractivity contribution >= 4 is 17.3 Å². The van der Waals surface area contributed by atoms with Crippen molar-refractivity contribution in [1.82, 2.24) is 4.57 Å². The topological polar surface area (TPSA) is 64.0 Å². The lowest BCUT2D eigenvalue weighted by molar-refractivity contribution is 0.437. The molecule has 5 heteroatoms. The molecule has 0 amide bonds. The number of aryl methyl sites for hydroxylation is 1. The van der Waals surface area contributed by atoms with E-state index in [0.29, 0.717) is 34.6 Å². The predicted molar refractivity (Wildman–Crippen MR) is 95.4 cm³/mol. The minimum atomic E-state index is 0.425. The van der Waals surface area contributed by atoms with E-state index in [0.717, 1.165) is 11.1 Å². The van der Waals surface area contributed by atoms with Crippen molar-refractivity contribution in [3.8, 4) is 17.7 Å². The molecule has 0 saturated carbocycles. The highest BCUT2D eigenvalue weighted by atomic mass is 35.5. The molecule has 0 aliphatic rings. The van der Waals surface area contributed by atoms with Gasteiger partial charge in [0.15, 0.2) is 0 Å². The second-order valence-corrected chi connectivity index (χ2v) is 5.97. The zero-order valence-corrected chi connectivity index (χ0v) is 13.9. The molecule has 0 atom stereocenters. The molecule has 0 radical (unpaired) electrons. The van der Waals surface area contributed by atoms with Gasteiger partial charge in [-0.2, -0.15) is 5.26 Å². The van der Waals surface area contributed by atoms with Crippen LogP contribution in [0.1, 0.15) is 16.8 Å². The van der Waals surface area contributed by atoms with Crippen molar-refractivity contribution in [2.75, 3.05) is 5.73 Å². The molecular weight excluding hydrogens is 322 g/mol. The Hall–Kier alpha value is -2.90. The molecule has 120 valence electrons. The first-order valence-electron chi connectivity index (χ1n) is 7.45. The largest absolute Gasteiger partial charge is 0.439 e. The average molecular weight is 338 g/mol. The standard InChI is InChI=1S/C19H16ClN3O/c1-13-3-2-4-14(9-13)12-23-16(11-21)10-18(22)19(23)24-17-7-5-15(20)6-8-17/h2-10H,12,22H2,1H3. The number of nitrogens with zero attached hydrogens (tertiary/aromatic N) is 2. The quantitative estimate of drug-likeness (QED) is 0.747. The highest BCUT2D eigenvalue weighted by Crippen LogP contribution is 2.32. The number of nitriles is 1. The monoisotopic (exact) mass is 337 g/mol. The fraction of sp³-hybridized carbons (Fsp3) is 0.105. The van der Waals surface area contributed by atoms with Crippen LogP contribution in [0.15, 0.2) is 54.6 Å². The summed E-state index contributed by atoms with van der Waals surface area (Å²) in [7, 11) is 0. The molecule has 0 unspecified atom stereocenters. The second kappa shape index (κ2) is 6.69. The van der Waals surface area contributed by atoms with E-state index in [4.69, 9.17) is 22.1 Å². The molecular formula is C19H16ClN3O. The summed E-state index contributed by atoms with van der Waals surface area (Å²) in [5.41, 5.74) is 9.17. The van der Waals surface area contributed by atoms with Gasteiger partial charge < -0.3 is 10.5 Å². The molecule has 1 heterocycles. The summed E-state index contributed by atoms with van der Waals surface area (Å²) in [6.07, 6.45) is 0. The summed E-state index contributed by atoms with van der Waals surface area (Å²) in [5.74, 6) is 1.06. The maximum Gasteiger partial charge on any atom is 0.224 e. The van der Waals surface area contributed by atoms with Crippen molar-refractivity contribution in [2.45, 2.75) is 13.5 Å². The Morgan fingerprint density at radius 3 is 2.58 bits per heavy atom. The Labute approximate surface area is 145 Å². The summed E-state index contributed by atoms with van der Waals surface area (Å²) in [6, 6.07) is 18.9. The lowest BCUT2D eigenvalue weighted by Crippen LogP contribution is -2.05. The molecule has 0 aliphatic carbocycles. The highest BCUT2D eigenvalue weighted by molar-refractivity contribution is 6.30. The minimum absolute atomic E-state index is 0.425. The summed E-state index contributed by atoms with van der Waals surface area (Å²) in [5, 5.41) is 10.0. The molecule has 0 saturated heterocycles. The van der Waals surface area contributed by atoms with Crippen LogP contribution in [0.5, 0.6) is 11.6 Å². The average Bonchev–Trinajstić information content (AvgIpc) is 2.85. The molecule has 3 aromatic rings. The van der Waals surface area contributed by atoms with Gasteiger partial charge in [-0.15, -0.1) is 0 Å². The van der Waals surface area contributed by atoms with Crippen LogP contribution in [0.2, 0.25) is 5.02 Å². The van der Waals surface area contributed by atoms with Gasteiger partial charge in [0.25, 0.3) is 0 Å². The first-order chi connectivity index (χ1) is 11.6. The summed E-state index contributed by atoms with van der Waals surface area (Å²) in [6.45, 7) is 2.54. The SMILES string of the molecule is Cc1cccc(Cn2c(C#N)cc(N)c2Oc2ccc(Cl)cc2)c1. The number of ether oxygens (including phenoxy) is 1. The Balaban J connectivity index is 1.98. The van der Waals surface area contributed by atoms with Crippen molar-refractivity contribution in [3.63, 3.8) is 0 Å². The molecule has 2 N–H and O–H groups in total. The number of benzene rings is 2. The minimum Gasteiger partial charge on any atom is -0.439 e. The Morgan fingerprint density at radius 2 is 1.92 bits per heavy atom. The maximum atomic E-state index is 9.39. The molecule has 4 nitrogen and oxygen atoms in total. The number of hydrogen-bond acceptors (Lipinski definition) is 3. The van der Waals surface area contributed by atoms with Gasteiger partial charge in [0, 0.05) is 11.1 Å². The molecule has 0 fully saturated rings. The fourth-order valence-electron chi connectivity index (χ4n) is 2.52. The van der Waals surface area contributed by atoms with E-state index in [2.05, 4.69) is 12.1 Å². The number of anilines is 1. The number of nitrogen functional groups attached to an aromatic ring is 1. The van der Waals surface area contributed by atoms with Crippen molar-refractivity contribution in [3.05, 3.63) is 76.4 Å². The zero-order chi connectivity index (χ0) is 17.1. The van der Waals surface area contributed by atoms with E-state index in [1.807, 2.05) is 25.1 Å². The van der Waals surface area contributed by atoms with Crippen LogP contribution in [0.3, 0.4) is 0 Å². The number of rotatable bonds is 4. The first kappa shape index (κ1) is 16.0. The molecule has 0 spiro atoms. The van der Waals surface area contributed by atoms with E-state index in [1.54, 1.807) is 34.9 Å². The van der Waals surface area contributed by atoms with E-state index in [9.17, 15) is 5.26 Å². The molecule has 0 bridgehead atoms. The van der Waals surface area contributed by atoms with Gasteiger partial charge in [0.2, 0.25) is 5.88 Å². The number of hydrogen-bond donors (Lipinski definition) is 1. The van der Waals surface area contributed by atoms with Crippen LogP contribution in [-0.2, 0) is 6.54 Å². The summed E-state index contributed by atoms with van der Waals surface area (Å²) in [4.78, 5) is 0. The summed E-state index contributed by atoms with van der Waals surface area (Å²) < 4.78 is 7.68. The first-order valence-corrected chi connectivity index (χ1v) is 7.82. The smallest absolute Gasteiger partial charge is 0.224 e. The normalized spacial score (nSPS) is 10.4. The van der Waals surface area contributed by atoms with Gasteiger partial charge in [0.1, 0.15) is 17.5 Å². The van der Waals surface area contributed by atoms with Gasteiger partial charge in [-0.3, -0.25) is 4.57 Å². The molecule has 3 rings (SSSR count). The second-order valence-electron chi connectivity index (χ2n) is 5.53. The van der Waals surface area contributed by atoms with E-state index >= 15 is 0 Å². The van der Waals surface area contributed by atoms with Crippen LogP contribution in [0.25, 0.3) is 0 Å². The van der Waals surface area contributed by atoms with Crippen molar-refractivity contribution < 1.29 is 4.74 Å². The van der Waals surface area contributed by atoms with Crippen LogP contribution in [-0.4, -0.2) is 4.57 Å². The van der Waals surface area contributed by atoms with Gasteiger partial charge in [-0.25, -0.2) is 0 Å². The maximum absolute atomic E-state index is 9.39. The van der Waals surface area contributed by atoms with Crippen LogP contribution < -0.4 is 10.5 Å². The van der Waals surface area contributed by atoms with Crippen LogP contribution in [0, 0.1) is 18.3 Å². The Kier molecular flexibility index (Phi) is 4.45. The van der Waals surface area contributed by atoms with E-state index < -0.39 is 0 Å². The predicted octanol–water partition coefficient (Wildman–Crippen LogP) is 4.74. The zero-order valence-electron chi connectivity index (χ0n) is 13.2. The van der Waals surface area contributed by atoms with E-state index in [1.165, 1.54) is 0 Å². The lowest BCUT2D eigenvalue weighted by atomic mass is 10.1. The Bertz CT molecular complexity index is 907.